The van der Waals surface area contributed by atoms with Gasteiger partial charge in [0.05, 0.1) is 6.33 Å². The molecule has 1 aromatic heterocycles. The van der Waals surface area contributed by atoms with Gasteiger partial charge in [-0.2, -0.15) is 0 Å². The number of hydrogen-bond donors (Lipinski definition) is 1. The molecule has 1 saturated heterocycles. The maximum atomic E-state index is 10.0. The van der Waals surface area contributed by atoms with Crippen LogP contribution in [-0.2, 0) is 4.74 Å². The number of imidazole rings is 1. The molecule has 4 heteroatoms. The van der Waals surface area contributed by atoms with E-state index in [1.807, 2.05) is 0 Å². The van der Waals surface area contributed by atoms with E-state index in [1.165, 1.54) is 19.2 Å². The summed E-state index contributed by atoms with van der Waals surface area (Å²) in [6, 6.07) is 0. The standard InChI is InChI=1S/C5H6N2O.C4H8O/c1-4-5(2-8)7-3-6-4;1-2-4-5-3-1/h2-3H,1H3,(H,6,7);1-4H2. The van der Waals surface area contributed by atoms with E-state index in [-0.39, 0.29) is 0 Å². The summed E-state index contributed by atoms with van der Waals surface area (Å²) in [5.74, 6) is 0. The van der Waals surface area contributed by atoms with Crippen molar-refractivity contribution in [1.82, 2.24) is 9.97 Å². The molecule has 1 fully saturated rings. The molecule has 0 saturated carbocycles. The Kier molecular flexibility index (Phi) is 4.18. The van der Waals surface area contributed by atoms with Crippen molar-refractivity contribution in [3.63, 3.8) is 0 Å². The smallest absolute Gasteiger partial charge is 0.170 e. The quantitative estimate of drug-likeness (QED) is 0.666. The van der Waals surface area contributed by atoms with Gasteiger partial charge in [-0.3, -0.25) is 4.79 Å². The van der Waals surface area contributed by atoms with Crippen LogP contribution in [-0.4, -0.2) is 29.5 Å². The second-order valence-corrected chi connectivity index (χ2v) is 2.85. The lowest BCUT2D eigenvalue weighted by atomic mass is 10.4. The Bertz CT molecular complexity index is 246. The van der Waals surface area contributed by atoms with Gasteiger partial charge in [0.2, 0.25) is 0 Å². The van der Waals surface area contributed by atoms with Crippen LogP contribution in [0.5, 0.6) is 0 Å². The molecule has 0 aromatic carbocycles. The summed E-state index contributed by atoms with van der Waals surface area (Å²) >= 11 is 0. The molecule has 0 spiro atoms. The number of rotatable bonds is 1. The summed E-state index contributed by atoms with van der Waals surface area (Å²) in [5, 5.41) is 0. The highest BCUT2D eigenvalue weighted by Crippen LogP contribution is 1.98. The van der Waals surface area contributed by atoms with Gasteiger partial charge in [0, 0.05) is 18.9 Å². The number of aryl methyl sites for hydroxylation is 1. The van der Waals surface area contributed by atoms with E-state index in [1.54, 1.807) is 6.92 Å². The normalized spacial score (nSPS) is 14.8. The zero-order valence-electron chi connectivity index (χ0n) is 7.75. The van der Waals surface area contributed by atoms with Gasteiger partial charge < -0.3 is 9.72 Å². The Labute approximate surface area is 77.3 Å². The fourth-order valence-corrected chi connectivity index (χ4v) is 0.999. The highest BCUT2D eigenvalue weighted by Gasteiger charge is 1.95. The lowest BCUT2D eigenvalue weighted by Gasteiger charge is -1.78. The summed E-state index contributed by atoms with van der Waals surface area (Å²) in [6.45, 7) is 3.80. The van der Waals surface area contributed by atoms with E-state index in [9.17, 15) is 4.79 Å². The van der Waals surface area contributed by atoms with Crippen LogP contribution in [0.1, 0.15) is 29.0 Å². The lowest BCUT2D eigenvalue weighted by molar-refractivity contribution is 0.111. The number of aromatic nitrogens is 2. The predicted octanol–water partition coefficient (Wildman–Crippen LogP) is 1.33. The lowest BCUT2D eigenvalue weighted by Crippen LogP contribution is -1.80. The zero-order valence-corrected chi connectivity index (χ0v) is 7.75. The highest BCUT2D eigenvalue weighted by atomic mass is 16.5. The van der Waals surface area contributed by atoms with Gasteiger partial charge in [0.15, 0.2) is 6.29 Å². The Morgan fingerprint density at radius 3 is 2.46 bits per heavy atom. The van der Waals surface area contributed by atoms with Crippen molar-refractivity contribution < 1.29 is 9.53 Å². The van der Waals surface area contributed by atoms with Gasteiger partial charge >= 0.3 is 0 Å². The van der Waals surface area contributed by atoms with Gasteiger partial charge in [0.1, 0.15) is 5.69 Å². The minimum atomic E-state index is 0.491. The van der Waals surface area contributed by atoms with Crippen LogP contribution in [0.15, 0.2) is 6.33 Å². The fourth-order valence-electron chi connectivity index (χ4n) is 0.999. The van der Waals surface area contributed by atoms with Crippen LogP contribution in [0.25, 0.3) is 0 Å². The van der Waals surface area contributed by atoms with E-state index in [0.29, 0.717) is 5.69 Å². The van der Waals surface area contributed by atoms with Crippen LogP contribution < -0.4 is 0 Å². The third kappa shape index (κ3) is 3.38. The molecule has 0 bridgehead atoms. The van der Waals surface area contributed by atoms with Crippen molar-refractivity contribution in [3.8, 4) is 0 Å². The minimum Gasteiger partial charge on any atom is -0.381 e. The van der Waals surface area contributed by atoms with Crippen molar-refractivity contribution in [2.45, 2.75) is 19.8 Å². The van der Waals surface area contributed by atoms with E-state index in [4.69, 9.17) is 4.74 Å². The number of H-pyrrole nitrogens is 1. The summed E-state index contributed by atoms with van der Waals surface area (Å²) in [7, 11) is 0. The largest absolute Gasteiger partial charge is 0.381 e. The number of carbonyl (C=O) groups is 1. The molecule has 4 nitrogen and oxygen atoms in total. The van der Waals surface area contributed by atoms with Crippen molar-refractivity contribution >= 4 is 6.29 Å². The molecule has 2 heterocycles. The first-order valence-electron chi connectivity index (χ1n) is 4.37. The molecule has 13 heavy (non-hydrogen) atoms. The number of hydrogen-bond acceptors (Lipinski definition) is 3. The van der Waals surface area contributed by atoms with Crippen molar-refractivity contribution in [1.29, 1.82) is 0 Å². The van der Waals surface area contributed by atoms with Gasteiger partial charge in [-0.1, -0.05) is 0 Å². The summed E-state index contributed by atoms with van der Waals surface area (Å²) < 4.78 is 4.94. The van der Waals surface area contributed by atoms with Crippen molar-refractivity contribution in [3.05, 3.63) is 17.7 Å². The molecule has 0 atom stereocenters. The maximum Gasteiger partial charge on any atom is 0.170 e. The van der Waals surface area contributed by atoms with E-state index >= 15 is 0 Å². The maximum absolute atomic E-state index is 10.0. The topological polar surface area (TPSA) is 55.0 Å². The molecular weight excluding hydrogens is 168 g/mol. The number of nitrogens with zero attached hydrogens (tertiary/aromatic N) is 1. The summed E-state index contributed by atoms with van der Waals surface area (Å²) in [4.78, 5) is 16.5. The second kappa shape index (κ2) is 5.48. The number of carbonyl (C=O) groups excluding carboxylic acids is 1. The molecule has 1 aliphatic heterocycles. The van der Waals surface area contributed by atoms with Gasteiger partial charge in [0.25, 0.3) is 0 Å². The van der Waals surface area contributed by atoms with Gasteiger partial charge in [-0.15, -0.1) is 0 Å². The first-order valence-corrected chi connectivity index (χ1v) is 4.37. The highest BCUT2D eigenvalue weighted by molar-refractivity contribution is 5.73. The number of nitrogens with one attached hydrogen (secondary N) is 1. The van der Waals surface area contributed by atoms with Crippen LogP contribution in [0.4, 0.5) is 0 Å². The molecule has 1 aliphatic rings. The molecule has 0 aliphatic carbocycles. The molecule has 0 unspecified atom stereocenters. The van der Waals surface area contributed by atoms with Crippen molar-refractivity contribution in [2.24, 2.45) is 0 Å². The Morgan fingerprint density at radius 1 is 1.54 bits per heavy atom. The van der Waals surface area contributed by atoms with Gasteiger partial charge in [-0.05, 0) is 19.8 Å². The third-order valence-electron chi connectivity index (χ3n) is 1.81. The average Bonchev–Trinajstić information content (AvgIpc) is 2.76. The Balaban J connectivity index is 0.000000145. The SMILES string of the molecule is C1CCOC1.Cc1[nH]cnc1C=O. The monoisotopic (exact) mass is 182 g/mol. The van der Waals surface area contributed by atoms with Gasteiger partial charge in [-0.25, -0.2) is 4.98 Å². The van der Waals surface area contributed by atoms with Crippen molar-refractivity contribution in [2.75, 3.05) is 13.2 Å². The molecular formula is C9H14N2O2. The molecule has 2 rings (SSSR count). The van der Waals surface area contributed by atoms with Crippen LogP contribution in [0.2, 0.25) is 0 Å². The first kappa shape index (κ1) is 9.92. The van der Waals surface area contributed by atoms with Crippen LogP contribution in [0.3, 0.4) is 0 Å². The summed E-state index contributed by atoms with van der Waals surface area (Å²) in [5.41, 5.74) is 1.31. The molecule has 0 amide bonds. The van der Waals surface area contributed by atoms with E-state index in [0.717, 1.165) is 25.2 Å². The van der Waals surface area contributed by atoms with Crippen LogP contribution >= 0.6 is 0 Å². The predicted molar refractivity (Wildman–Crippen MR) is 48.8 cm³/mol. The number of aromatic amines is 1. The molecule has 1 aromatic rings. The number of ether oxygens (including phenoxy) is 1. The van der Waals surface area contributed by atoms with E-state index < -0.39 is 0 Å². The Morgan fingerprint density at radius 2 is 2.23 bits per heavy atom. The number of aldehydes is 1. The second-order valence-electron chi connectivity index (χ2n) is 2.85. The first-order chi connectivity index (χ1) is 6.34. The third-order valence-corrected chi connectivity index (χ3v) is 1.81. The Hall–Kier alpha value is -1.16. The average molecular weight is 182 g/mol. The summed E-state index contributed by atoms with van der Waals surface area (Å²) in [6.07, 6.45) is 4.78. The molecule has 72 valence electrons. The van der Waals surface area contributed by atoms with Crippen LogP contribution in [0, 0.1) is 6.92 Å². The van der Waals surface area contributed by atoms with E-state index in [2.05, 4.69) is 9.97 Å². The molecule has 1 N–H and O–H groups in total. The zero-order chi connectivity index (χ0) is 9.52. The minimum absolute atomic E-state index is 0.491. The molecule has 0 radical (unpaired) electrons. The fraction of sp³-hybridized carbons (Fsp3) is 0.556.